The number of hydrogen-bond donors (Lipinski definition) is 0. The van der Waals surface area contributed by atoms with Gasteiger partial charge in [0.25, 0.3) is 0 Å². The van der Waals surface area contributed by atoms with Gasteiger partial charge in [0.15, 0.2) is 0 Å². The van der Waals surface area contributed by atoms with Crippen molar-refractivity contribution in [2.24, 2.45) is 9.98 Å². The highest BCUT2D eigenvalue weighted by atomic mass is 16.5. The predicted octanol–water partition coefficient (Wildman–Crippen LogP) is 8.57. The van der Waals surface area contributed by atoms with Gasteiger partial charge in [-0.15, -0.1) is 0 Å². The molecule has 0 amide bonds. The fourth-order valence-corrected chi connectivity index (χ4v) is 6.19. The van der Waals surface area contributed by atoms with Gasteiger partial charge in [0, 0.05) is 29.2 Å². The lowest BCUT2D eigenvalue weighted by molar-refractivity contribution is -0.131. The first-order chi connectivity index (χ1) is 23.6. The molecule has 0 radical (unpaired) electrons. The van der Waals surface area contributed by atoms with Gasteiger partial charge in [-0.3, -0.25) is 14.8 Å². The summed E-state index contributed by atoms with van der Waals surface area (Å²) in [5.41, 5.74) is 11.0. The molecule has 0 fully saturated rings. The van der Waals surface area contributed by atoms with Crippen molar-refractivity contribution in [3.63, 3.8) is 0 Å². The zero-order valence-corrected chi connectivity index (χ0v) is 26.2. The van der Waals surface area contributed by atoms with E-state index < -0.39 is 0 Å². The lowest BCUT2D eigenvalue weighted by atomic mass is 9.90. The van der Waals surface area contributed by atoms with Crippen molar-refractivity contribution in [1.82, 2.24) is 9.97 Å². The van der Waals surface area contributed by atoms with Gasteiger partial charge in [0.2, 0.25) is 0 Å². The van der Waals surface area contributed by atoms with Crippen molar-refractivity contribution in [1.29, 1.82) is 0 Å². The Morgan fingerprint density at radius 2 is 1.08 bits per heavy atom. The highest BCUT2D eigenvalue weighted by Gasteiger charge is 2.29. The summed E-state index contributed by atoms with van der Waals surface area (Å²) >= 11 is 0. The molecule has 2 unspecified atom stereocenters. The standard InChI is InChI=1S/C42H30N4O2/c1-27(47)48-34-21-17-31(18-22-34)42-40(29-13-7-3-8-14-29)44-36-24-20-33(26-38(36)46-42)32-19-23-35-37(25-32)45-41(30-15-9-4-10-16-30)39(43-35)28-11-5-2-6-12-28/h2-26,35,37H,1H3. The summed E-state index contributed by atoms with van der Waals surface area (Å²) in [6, 6.07) is 44.0. The molecule has 0 saturated heterocycles. The number of allylic oxidation sites excluding steroid dienone is 2. The number of esters is 1. The van der Waals surface area contributed by atoms with E-state index in [2.05, 4.69) is 54.6 Å². The van der Waals surface area contributed by atoms with Crippen LogP contribution < -0.4 is 4.74 Å². The second-order valence-electron chi connectivity index (χ2n) is 11.8. The van der Waals surface area contributed by atoms with E-state index in [-0.39, 0.29) is 18.1 Å². The maximum Gasteiger partial charge on any atom is 0.308 e. The zero-order chi connectivity index (χ0) is 32.5. The molecule has 1 aromatic heterocycles. The van der Waals surface area contributed by atoms with Crippen LogP contribution in [0.2, 0.25) is 0 Å². The summed E-state index contributed by atoms with van der Waals surface area (Å²) in [4.78, 5) is 32.3. The molecule has 230 valence electrons. The van der Waals surface area contributed by atoms with E-state index in [1.807, 2.05) is 84.9 Å². The zero-order valence-electron chi connectivity index (χ0n) is 26.2. The van der Waals surface area contributed by atoms with E-state index in [4.69, 9.17) is 24.7 Å². The average molecular weight is 623 g/mol. The number of nitrogens with zero attached hydrogens (tertiary/aromatic N) is 4. The van der Waals surface area contributed by atoms with Crippen LogP contribution in [-0.2, 0) is 4.79 Å². The van der Waals surface area contributed by atoms with Crippen LogP contribution in [0.4, 0.5) is 0 Å². The second kappa shape index (κ2) is 12.5. The number of aliphatic imine (C=N–C) groups is 2. The first kappa shape index (κ1) is 29.2. The molecule has 2 atom stereocenters. The van der Waals surface area contributed by atoms with Crippen LogP contribution in [-0.4, -0.2) is 39.4 Å². The van der Waals surface area contributed by atoms with Gasteiger partial charge in [0.1, 0.15) is 5.75 Å². The number of fused-ring (bicyclic) bond motifs is 2. The van der Waals surface area contributed by atoms with Crippen molar-refractivity contribution < 1.29 is 9.53 Å². The van der Waals surface area contributed by atoms with Gasteiger partial charge in [-0.25, -0.2) is 9.97 Å². The molecule has 2 heterocycles. The molecule has 6 heteroatoms. The Bertz CT molecular complexity index is 2270. The fourth-order valence-electron chi connectivity index (χ4n) is 6.19. The number of rotatable bonds is 6. The molecule has 8 rings (SSSR count). The third kappa shape index (κ3) is 5.76. The summed E-state index contributed by atoms with van der Waals surface area (Å²) in [5.74, 6) is 0.126. The summed E-state index contributed by atoms with van der Waals surface area (Å²) in [6.07, 6.45) is 6.50. The molecule has 1 aliphatic carbocycles. The van der Waals surface area contributed by atoms with Gasteiger partial charge in [-0.1, -0.05) is 109 Å². The molecular weight excluding hydrogens is 592 g/mol. The SMILES string of the molecule is CC(=O)Oc1ccc(-c2nc3cc(C4=CC5N=C(c6ccccc6)C(c6ccccc6)=NC5C=C4)ccc3nc2-c2ccccc2)cc1. The Labute approximate surface area is 278 Å². The van der Waals surface area contributed by atoms with Gasteiger partial charge >= 0.3 is 5.97 Å². The smallest absolute Gasteiger partial charge is 0.308 e. The van der Waals surface area contributed by atoms with Crippen LogP contribution in [0.1, 0.15) is 23.6 Å². The number of carbonyl (C=O) groups excluding carboxylic acids is 1. The molecular formula is C42H30N4O2. The Morgan fingerprint density at radius 3 is 1.69 bits per heavy atom. The van der Waals surface area contributed by atoms with Crippen LogP contribution in [0.3, 0.4) is 0 Å². The Kier molecular flexibility index (Phi) is 7.59. The van der Waals surface area contributed by atoms with Crippen LogP contribution in [0.5, 0.6) is 5.75 Å². The van der Waals surface area contributed by atoms with Crippen LogP contribution >= 0.6 is 0 Å². The quantitative estimate of drug-likeness (QED) is 0.138. The number of hydrogen-bond acceptors (Lipinski definition) is 6. The maximum absolute atomic E-state index is 11.5. The predicted molar refractivity (Wildman–Crippen MR) is 192 cm³/mol. The second-order valence-corrected chi connectivity index (χ2v) is 11.8. The molecule has 0 bridgehead atoms. The van der Waals surface area contributed by atoms with Crippen LogP contribution in [0.25, 0.3) is 39.1 Å². The topological polar surface area (TPSA) is 76.8 Å². The molecule has 0 N–H and O–H groups in total. The third-order valence-electron chi connectivity index (χ3n) is 8.48. The van der Waals surface area contributed by atoms with Crippen molar-refractivity contribution in [3.8, 4) is 28.3 Å². The Balaban J connectivity index is 1.19. The van der Waals surface area contributed by atoms with Crippen LogP contribution in [0.15, 0.2) is 162 Å². The minimum absolute atomic E-state index is 0.0911. The molecule has 48 heavy (non-hydrogen) atoms. The van der Waals surface area contributed by atoms with E-state index in [9.17, 15) is 4.79 Å². The first-order valence-electron chi connectivity index (χ1n) is 15.9. The van der Waals surface area contributed by atoms with Crippen molar-refractivity contribution in [2.45, 2.75) is 19.0 Å². The summed E-state index contributed by atoms with van der Waals surface area (Å²) < 4.78 is 5.27. The van der Waals surface area contributed by atoms with Gasteiger partial charge in [-0.2, -0.15) is 0 Å². The minimum atomic E-state index is -0.359. The molecule has 5 aromatic carbocycles. The van der Waals surface area contributed by atoms with Crippen molar-refractivity contribution in [3.05, 3.63) is 168 Å². The van der Waals surface area contributed by atoms with E-state index in [1.165, 1.54) is 6.92 Å². The van der Waals surface area contributed by atoms with Crippen molar-refractivity contribution >= 4 is 34.0 Å². The number of carbonyl (C=O) groups is 1. The normalized spacial score (nSPS) is 16.8. The summed E-state index contributed by atoms with van der Waals surface area (Å²) in [5, 5.41) is 0. The third-order valence-corrected chi connectivity index (χ3v) is 8.48. The number of benzene rings is 5. The molecule has 0 spiro atoms. The highest BCUT2D eigenvalue weighted by molar-refractivity contribution is 6.54. The lowest BCUT2D eigenvalue weighted by Gasteiger charge is -2.28. The van der Waals surface area contributed by atoms with E-state index in [1.54, 1.807) is 12.1 Å². The summed E-state index contributed by atoms with van der Waals surface area (Å²) in [7, 11) is 0. The minimum Gasteiger partial charge on any atom is -0.427 e. The molecule has 2 aliphatic rings. The van der Waals surface area contributed by atoms with Crippen molar-refractivity contribution in [2.75, 3.05) is 0 Å². The lowest BCUT2D eigenvalue weighted by Crippen LogP contribution is -2.33. The largest absolute Gasteiger partial charge is 0.427 e. The fraction of sp³-hybridized carbons (Fsp3) is 0.0714. The van der Waals surface area contributed by atoms with E-state index in [0.29, 0.717) is 5.75 Å². The molecule has 0 saturated carbocycles. The molecule has 6 aromatic rings. The maximum atomic E-state index is 11.5. The number of aromatic nitrogens is 2. The van der Waals surface area contributed by atoms with E-state index >= 15 is 0 Å². The molecule has 1 aliphatic heterocycles. The summed E-state index contributed by atoms with van der Waals surface area (Å²) in [6.45, 7) is 1.39. The number of ether oxygens (including phenoxy) is 1. The van der Waals surface area contributed by atoms with Gasteiger partial charge in [-0.05, 0) is 53.6 Å². The van der Waals surface area contributed by atoms with Crippen LogP contribution in [0, 0.1) is 0 Å². The Hall–Kier alpha value is -6.27. The van der Waals surface area contributed by atoms with E-state index in [0.717, 1.165) is 67.2 Å². The monoisotopic (exact) mass is 622 g/mol. The van der Waals surface area contributed by atoms with Gasteiger partial charge in [0.05, 0.1) is 45.9 Å². The highest BCUT2D eigenvalue weighted by Crippen LogP contribution is 2.34. The van der Waals surface area contributed by atoms with Gasteiger partial charge < -0.3 is 4.74 Å². The molecule has 6 nitrogen and oxygen atoms in total. The first-order valence-corrected chi connectivity index (χ1v) is 15.9. The Morgan fingerprint density at radius 1 is 0.562 bits per heavy atom. The average Bonchev–Trinajstić information content (AvgIpc) is 3.14.